The monoisotopic (exact) mass is 230 g/mol. The van der Waals surface area contributed by atoms with Gasteiger partial charge in [-0.3, -0.25) is 4.79 Å². The van der Waals surface area contributed by atoms with Crippen molar-refractivity contribution in [2.75, 3.05) is 6.61 Å². The van der Waals surface area contributed by atoms with Gasteiger partial charge in [-0.05, 0) is 12.5 Å². The van der Waals surface area contributed by atoms with Crippen LogP contribution in [0.5, 0.6) is 0 Å². The Kier molecular flexibility index (Phi) is 3.79. The summed E-state index contributed by atoms with van der Waals surface area (Å²) in [7, 11) is 0. The molecule has 1 aliphatic heterocycles. The molecule has 0 saturated carbocycles. The summed E-state index contributed by atoms with van der Waals surface area (Å²) in [4.78, 5) is 10.8. The molecule has 1 aromatic carbocycles. The number of esters is 1. The second-order valence-electron chi connectivity index (χ2n) is 3.95. The van der Waals surface area contributed by atoms with E-state index < -0.39 is 0 Å². The van der Waals surface area contributed by atoms with Gasteiger partial charge in [0.25, 0.3) is 0 Å². The number of carbonyl (C=O) groups excluding carboxylic acids is 1. The van der Waals surface area contributed by atoms with Gasteiger partial charge in [0.15, 0.2) is 6.10 Å². The average molecular weight is 230 g/mol. The lowest BCUT2D eigenvalue weighted by molar-refractivity contribution is -0.175. The normalized spacial score (nSPS) is 22.1. The number of hydrogen-bond acceptors (Lipinski definition) is 3. The zero-order chi connectivity index (χ0) is 12.1. The van der Waals surface area contributed by atoms with Crippen molar-refractivity contribution >= 4 is 5.97 Å². The minimum atomic E-state index is -0.247. The first-order valence-electron chi connectivity index (χ1n) is 5.58. The largest absolute Gasteiger partial charge is 0.448 e. The van der Waals surface area contributed by atoms with Gasteiger partial charge in [-0.1, -0.05) is 42.2 Å². The van der Waals surface area contributed by atoms with Gasteiger partial charge in [0.1, 0.15) is 12.5 Å². The Morgan fingerprint density at radius 3 is 2.76 bits per heavy atom. The first-order chi connectivity index (χ1) is 8.27. The first-order valence-corrected chi connectivity index (χ1v) is 5.58. The van der Waals surface area contributed by atoms with Gasteiger partial charge in [-0.15, -0.1) is 0 Å². The van der Waals surface area contributed by atoms with E-state index in [0.717, 1.165) is 5.56 Å². The van der Waals surface area contributed by atoms with E-state index in [-0.39, 0.29) is 18.0 Å². The van der Waals surface area contributed by atoms with Gasteiger partial charge in [0, 0.05) is 0 Å². The summed E-state index contributed by atoms with van der Waals surface area (Å²) in [5.41, 5.74) is 1.12. The van der Waals surface area contributed by atoms with Gasteiger partial charge >= 0.3 is 5.97 Å². The van der Waals surface area contributed by atoms with Crippen molar-refractivity contribution in [3.63, 3.8) is 0 Å². The van der Waals surface area contributed by atoms with Gasteiger partial charge in [0.2, 0.25) is 0 Å². The maximum absolute atomic E-state index is 10.8. The van der Waals surface area contributed by atoms with Crippen LogP contribution in [0.15, 0.2) is 30.3 Å². The summed E-state index contributed by atoms with van der Waals surface area (Å²) in [5, 5.41) is 0. The molecule has 0 spiro atoms. The Morgan fingerprint density at radius 2 is 2.12 bits per heavy atom. The Balaban J connectivity index is 1.67. The number of carbonyl (C=O) groups is 1. The van der Waals surface area contributed by atoms with Crippen LogP contribution in [0, 0.1) is 17.8 Å². The lowest BCUT2D eigenvalue weighted by Gasteiger charge is -2.27. The summed E-state index contributed by atoms with van der Waals surface area (Å²) in [5.74, 6) is 5.45. The van der Waals surface area contributed by atoms with Gasteiger partial charge in [-0.25, -0.2) is 0 Å². The predicted molar refractivity (Wildman–Crippen MR) is 62.9 cm³/mol. The average Bonchev–Trinajstić information content (AvgIpc) is 2.38. The van der Waals surface area contributed by atoms with E-state index in [1.54, 1.807) is 0 Å². The Hall–Kier alpha value is -1.79. The number of rotatable bonds is 3. The molecule has 1 heterocycles. The fourth-order valence-corrected chi connectivity index (χ4v) is 1.48. The van der Waals surface area contributed by atoms with Crippen LogP contribution in [0.3, 0.4) is 0 Å². The molecule has 1 saturated heterocycles. The third-order valence-electron chi connectivity index (χ3n) is 2.60. The molecule has 1 fully saturated rings. The summed E-state index contributed by atoms with van der Waals surface area (Å²) in [6, 6.07) is 9.92. The molecule has 1 aliphatic rings. The minimum Gasteiger partial charge on any atom is -0.448 e. The van der Waals surface area contributed by atoms with Crippen LogP contribution in [0.1, 0.15) is 12.5 Å². The number of ether oxygens (including phenoxy) is 2. The van der Waals surface area contributed by atoms with Crippen LogP contribution in [-0.2, 0) is 20.9 Å². The molecule has 0 N–H and O–H groups in total. The second-order valence-corrected chi connectivity index (χ2v) is 3.95. The lowest BCUT2D eigenvalue weighted by atomic mass is 10.0. The molecule has 3 nitrogen and oxygen atoms in total. The van der Waals surface area contributed by atoms with E-state index in [1.807, 2.05) is 37.3 Å². The van der Waals surface area contributed by atoms with E-state index >= 15 is 0 Å². The Labute approximate surface area is 101 Å². The highest BCUT2D eigenvalue weighted by Crippen LogP contribution is 2.20. The van der Waals surface area contributed by atoms with Gasteiger partial charge < -0.3 is 9.47 Å². The van der Waals surface area contributed by atoms with Gasteiger partial charge in [-0.2, -0.15) is 0 Å². The zero-order valence-corrected chi connectivity index (χ0v) is 9.68. The molecule has 1 aromatic rings. The van der Waals surface area contributed by atoms with Crippen molar-refractivity contribution < 1.29 is 14.3 Å². The minimum absolute atomic E-state index is 0.100. The predicted octanol–water partition coefficient (Wildman–Crippen LogP) is 1.77. The molecular formula is C14H14O3. The highest BCUT2D eigenvalue weighted by molar-refractivity contribution is 5.79. The Morgan fingerprint density at radius 1 is 1.35 bits per heavy atom. The Bertz CT molecular complexity index is 442. The van der Waals surface area contributed by atoms with Gasteiger partial charge in [0.05, 0.1) is 6.61 Å². The fraction of sp³-hybridized carbons (Fsp3) is 0.357. The molecule has 0 radical (unpaired) electrons. The van der Waals surface area contributed by atoms with Crippen molar-refractivity contribution in [2.45, 2.75) is 19.6 Å². The van der Waals surface area contributed by atoms with Crippen LogP contribution >= 0.6 is 0 Å². The van der Waals surface area contributed by atoms with Crippen molar-refractivity contribution in [2.24, 2.45) is 5.92 Å². The molecule has 88 valence electrons. The second kappa shape index (κ2) is 5.51. The molecule has 3 heteroatoms. The standard InChI is InChI=1S/C14H14O3/c1-11-13(17-14(11)15)8-5-9-16-10-12-6-3-2-4-7-12/h2-4,6-7,11,13H,9-10H2,1H3. The van der Waals surface area contributed by atoms with Crippen molar-refractivity contribution in [3.05, 3.63) is 35.9 Å². The quantitative estimate of drug-likeness (QED) is 0.451. The van der Waals surface area contributed by atoms with Crippen LogP contribution < -0.4 is 0 Å². The van der Waals surface area contributed by atoms with Crippen LogP contribution in [0.4, 0.5) is 0 Å². The number of hydrogen-bond donors (Lipinski definition) is 0. The maximum Gasteiger partial charge on any atom is 0.314 e. The smallest absolute Gasteiger partial charge is 0.314 e. The van der Waals surface area contributed by atoms with E-state index in [9.17, 15) is 4.79 Å². The highest BCUT2D eigenvalue weighted by Gasteiger charge is 2.37. The van der Waals surface area contributed by atoms with E-state index in [2.05, 4.69) is 11.8 Å². The molecule has 0 aliphatic carbocycles. The molecule has 2 rings (SSSR count). The van der Waals surface area contributed by atoms with E-state index in [4.69, 9.17) is 9.47 Å². The molecule has 0 bridgehead atoms. The highest BCUT2D eigenvalue weighted by atomic mass is 16.6. The van der Waals surface area contributed by atoms with Crippen LogP contribution in [0.2, 0.25) is 0 Å². The SMILES string of the molecule is CC1C(=O)OC1C#CCOCc1ccccc1. The summed E-state index contributed by atoms with van der Waals surface area (Å²) in [6.45, 7) is 2.72. The number of benzene rings is 1. The molecule has 2 atom stereocenters. The summed E-state index contributed by atoms with van der Waals surface area (Å²) < 4.78 is 10.2. The third kappa shape index (κ3) is 3.08. The van der Waals surface area contributed by atoms with Crippen molar-refractivity contribution in [1.29, 1.82) is 0 Å². The lowest BCUT2D eigenvalue weighted by Crippen LogP contribution is -2.42. The molecule has 0 amide bonds. The topological polar surface area (TPSA) is 35.5 Å². The number of cyclic esters (lactones) is 1. The molecular weight excluding hydrogens is 216 g/mol. The third-order valence-corrected chi connectivity index (χ3v) is 2.60. The molecule has 17 heavy (non-hydrogen) atoms. The molecule has 0 aromatic heterocycles. The van der Waals surface area contributed by atoms with E-state index in [1.165, 1.54) is 0 Å². The zero-order valence-electron chi connectivity index (χ0n) is 9.68. The summed E-state index contributed by atoms with van der Waals surface area (Å²) >= 11 is 0. The van der Waals surface area contributed by atoms with E-state index in [0.29, 0.717) is 13.2 Å². The maximum atomic E-state index is 10.8. The van der Waals surface area contributed by atoms with Crippen molar-refractivity contribution in [3.8, 4) is 11.8 Å². The van der Waals surface area contributed by atoms with Crippen LogP contribution in [0.25, 0.3) is 0 Å². The summed E-state index contributed by atoms with van der Waals surface area (Å²) in [6.07, 6.45) is -0.247. The molecule has 2 unspecified atom stereocenters. The first kappa shape index (κ1) is 11.7. The van der Waals surface area contributed by atoms with Crippen LogP contribution in [-0.4, -0.2) is 18.7 Å². The fourth-order valence-electron chi connectivity index (χ4n) is 1.48. The van der Waals surface area contributed by atoms with Crippen molar-refractivity contribution in [1.82, 2.24) is 0 Å².